The van der Waals surface area contributed by atoms with Crippen LogP contribution in [0.15, 0.2) is 48.8 Å². The lowest BCUT2D eigenvalue weighted by Crippen LogP contribution is -2.48. The minimum atomic E-state index is -0.850. The molecule has 3 aliphatic rings. The number of aliphatic hydroxyl groups excluding tert-OH is 1. The van der Waals surface area contributed by atoms with Crippen LogP contribution in [0.5, 0.6) is 11.5 Å². The number of carbonyl (C=O) groups is 1. The second-order valence-electron chi connectivity index (χ2n) is 10.1. The van der Waals surface area contributed by atoms with Gasteiger partial charge in [-0.2, -0.15) is 0 Å². The predicted octanol–water partition coefficient (Wildman–Crippen LogP) is 2.54. The molecule has 0 spiro atoms. The summed E-state index contributed by atoms with van der Waals surface area (Å²) in [5, 5.41) is 14.6. The van der Waals surface area contributed by atoms with E-state index >= 15 is 0 Å². The van der Waals surface area contributed by atoms with Gasteiger partial charge < -0.3 is 29.7 Å². The second kappa shape index (κ2) is 10.5. The van der Waals surface area contributed by atoms with Gasteiger partial charge in [0.15, 0.2) is 11.5 Å². The van der Waals surface area contributed by atoms with Gasteiger partial charge in [-0.1, -0.05) is 6.07 Å². The Morgan fingerprint density at radius 3 is 2.62 bits per heavy atom. The molecular formula is C28H33N5O4. The first-order chi connectivity index (χ1) is 18.1. The normalized spacial score (nSPS) is 21.2. The fraction of sp³-hybridized carbons (Fsp3) is 0.464. The summed E-state index contributed by atoms with van der Waals surface area (Å²) in [5.74, 6) is 1.17. The van der Waals surface area contributed by atoms with Crippen molar-refractivity contribution >= 4 is 22.6 Å². The van der Waals surface area contributed by atoms with Crippen molar-refractivity contribution in [2.45, 2.75) is 31.4 Å². The summed E-state index contributed by atoms with van der Waals surface area (Å²) in [6.45, 7) is 5.03. The Bertz CT molecular complexity index is 1260. The van der Waals surface area contributed by atoms with E-state index in [2.05, 4.69) is 25.1 Å². The van der Waals surface area contributed by atoms with Crippen LogP contribution in [0.4, 0.5) is 5.69 Å². The van der Waals surface area contributed by atoms with Crippen LogP contribution in [-0.2, 0) is 4.79 Å². The molecule has 9 heteroatoms. The van der Waals surface area contributed by atoms with Crippen molar-refractivity contribution in [2.75, 3.05) is 50.8 Å². The maximum absolute atomic E-state index is 13.5. The number of ether oxygens (including phenoxy) is 2. The molecule has 3 aliphatic heterocycles. The van der Waals surface area contributed by atoms with Crippen molar-refractivity contribution in [1.29, 1.82) is 0 Å². The third kappa shape index (κ3) is 5.19. The molecule has 0 radical (unpaired) electrons. The molecule has 0 saturated carbocycles. The van der Waals surface area contributed by atoms with Gasteiger partial charge in [0, 0.05) is 37.7 Å². The maximum Gasteiger partial charge on any atom is 0.225 e. The quantitative estimate of drug-likeness (QED) is 0.508. The van der Waals surface area contributed by atoms with Crippen LogP contribution in [0.3, 0.4) is 0 Å². The standard InChI is InChI=1S/C28H33N5O4/c34-27(19-3-6-25-26(15-19)37-14-13-36-25)24(18-32-10-1-2-11-32)31-28(35)20-7-12-33(17-20)21-4-5-22-23(16-21)30-9-8-29-22/h3-6,8-9,15-16,20,24,27,34H,1-2,7,10-14,17-18H2,(H,31,35)/t20?,24-,27-/m1/s1. The van der Waals surface area contributed by atoms with Crippen molar-refractivity contribution in [3.05, 3.63) is 54.4 Å². The number of hydrogen-bond acceptors (Lipinski definition) is 8. The molecule has 1 amide bonds. The summed E-state index contributed by atoms with van der Waals surface area (Å²) in [7, 11) is 0. The van der Waals surface area contributed by atoms with Crippen molar-refractivity contribution in [2.24, 2.45) is 5.92 Å². The Morgan fingerprint density at radius 1 is 1.00 bits per heavy atom. The van der Waals surface area contributed by atoms with E-state index in [0.29, 0.717) is 37.8 Å². The highest BCUT2D eigenvalue weighted by atomic mass is 16.6. The van der Waals surface area contributed by atoms with E-state index in [1.54, 1.807) is 12.4 Å². The first-order valence-electron chi connectivity index (χ1n) is 13.2. The molecule has 37 heavy (non-hydrogen) atoms. The summed E-state index contributed by atoms with van der Waals surface area (Å²) < 4.78 is 11.4. The zero-order valence-corrected chi connectivity index (χ0v) is 20.9. The Labute approximate surface area is 216 Å². The number of anilines is 1. The molecule has 0 aliphatic carbocycles. The molecule has 3 aromatic rings. The smallest absolute Gasteiger partial charge is 0.225 e. The Hall–Kier alpha value is -3.43. The highest BCUT2D eigenvalue weighted by molar-refractivity contribution is 5.82. The van der Waals surface area contributed by atoms with E-state index in [4.69, 9.17) is 9.47 Å². The Morgan fingerprint density at radius 2 is 1.78 bits per heavy atom. The monoisotopic (exact) mass is 503 g/mol. The average molecular weight is 504 g/mol. The van der Waals surface area contributed by atoms with Crippen molar-refractivity contribution in [3.63, 3.8) is 0 Å². The first-order valence-corrected chi connectivity index (χ1v) is 13.2. The van der Waals surface area contributed by atoms with Crippen molar-refractivity contribution < 1.29 is 19.4 Å². The SMILES string of the molecule is O=C(N[C@H](CN1CCCC1)[C@H](O)c1ccc2c(c1)OCCO2)C1CCN(c2ccc3nccnc3c2)C1. The van der Waals surface area contributed by atoms with Gasteiger partial charge in [0.05, 0.1) is 23.0 Å². The molecule has 4 heterocycles. The number of hydrogen-bond donors (Lipinski definition) is 2. The van der Waals surface area contributed by atoms with Crippen LogP contribution < -0.4 is 19.7 Å². The van der Waals surface area contributed by atoms with E-state index in [9.17, 15) is 9.90 Å². The summed E-state index contributed by atoms with van der Waals surface area (Å²) in [4.78, 5) is 26.8. The molecule has 9 nitrogen and oxygen atoms in total. The topological polar surface area (TPSA) is 100 Å². The molecule has 2 aromatic carbocycles. The zero-order chi connectivity index (χ0) is 25.2. The molecule has 3 atom stereocenters. The van der Waals surface area contributed by atoms with E-state index < -0.39 is 12.1 Å². The van der Waals surface area contributed by atoms with E-state index in [0.717, 1.165) is 61.2 Å². The molecule has 2 saturated heterocycles. The number of nitrogens with zero attached hydrogens (tertiary/aromatic N) is 4. The third-order valence-electron chi connectivity index (χ3n) is 7.65. The van der Waals surface area contributed by atoms with Crippen LogP contribution in [0, 0.1) is 5.92 Å². The molecule has 6 rings (SSSR count). The van der Waals surface area contributed by atoms with Crippen molar-refractivity contribution in [3.8, 4) is 11.5 Å². The molecule has 0 bridgehead atoms. The highest BCUT2D eigenvalue weighted by Gasteiger charge is 2.33. The largest absolute Gasteiger partial charge is 0.486 e. The molecule has 2 fully saturated rings. The lowest BCUT2D eigenvalue weighted by Gasteiger charge is -2.30. The zero-order valence-electron chi connectivity index (χ0n) is 20.9. The van der Waals surface area contributed by atoms with Gasteiger partial charge in [-0.3, -0.25) is 14.8 Å². The van der Waals surface area contributed by atoms with Gasteiger partial charge in [-0.15, -0.1) is 0 Å². The average Bonchev–Trinajstić information content (AvgIpc) is 3.64. The molecule has 1 unspecified atom stereocenters. The van der Waals surface area contributed by atoms with Crippen LogP contribution in [-0.4, -0.2) is 77.9 Å². The number of carbonyl (C=O) groups excluding carboxylic acids is 1. The number of nitrogens with one attached hydrogen (secondary N) is 1. The predicted molar refractivity (Wildman–Crippen MR) is 140 cm³/mol. The summed E-state index contributed by atoms with van der Waals surface area (Å²) in [6, 6.07) is 11.2. The van der Waals surface area contributed by atoms with Crippen molar-refractivity contribution in [1.82, 2.24) is 20.2 Å². The fourth-order valence-corrected chi connectivity index (χ4v) is 5.60. The molecular weight excluding hydrogens is 470 g/mol. The molecule has 1 aromatic heterocycles. The lowest BCUT2D eigenvalue weighted by atomic mass is 9.99. The Kier molecular flexibility index (Phi) is 6.80. The number of amides is 1. The van der Waals surface area contributed by atoms with Gasteiger partial charge in [0.25, 0.3) is 0 Å². The first kappa shape index (κ1) is 23.9. The highest BCUT2D eigenvalue weighted by Crippen LogP contribution is 2.34. The van der Waals surface area contributed by atoms with E-state index in [-0.39, 0.29) is 11.8 Å². The van der Waals surface area contributed by atoms with E-state index in [1.807, 2.05) is 36.4 Å². The molecule has 194 valence electrons. The van der Waals surface area contributed by atoms with Gasteiger partial charge >= 0.3 is 0 Å². The summed E-state index contributed by atoms with van der Waals surface area (Å²) in [5.41, 5.74) is 3.48. The van der Waals surface area contributed by atoms with Crippen LogP contribution in [0.2, 0.25) is 0 Å². The van der Waals surface area contributed by atoms with Crippen LogP contribution >= 0.6 is 0 Å². The number of likely N-dealkylation sites (tertiary alicyclic amines) is 1. The maximum atomic E-state index is 13.5. The Balaban J connectivity index is 1.15. The minimum absolute atomic E-state index is 0.0103. The van der Waals surface area contributed by atoms with Gasteiger partial charge in [0.1, 0.15) is 19.3 Å². The van der Waals surface area contributed by atoms with Crippen LogP contribution in [0.25, 0.3) is 11.0 Å². The third-order valence-corrected chi connectivity index (χ3v) is 7.65. The number of benzene rings is 2. The lowest BCUT2D eigenvalue weighted by molar-refractivity contribution is -0.126. The fourth-order valence-electron chi connectivity index (χ4n) is 5.60. The second-order valence-corrected chi connectivity index (χ2v) is 10.1. The summed E-state index contributed by atoms with van der Waals surface area (Å²) >= 11 is 0. The minimum Gasteiger partial charge on any atom is -0.486 e. The number of aliphatic hydroxyl groups is 1. The van der Waals surface area contributed by atoms with E-state index in [1.165, 1.54) is 0 Å². The van der Waals surface area contributed by atoms with Gasteiger partial charge in [-0.05, 0) is 68.2 Å². The van der Waals surface area contributed by atoms with Gasteiger partial charge in [0.2, 0.25) is 5.91 Å². The number of rotatable bonds is 7. The summed E-state index contributed by atoms with van der Waals surface area (Å²) in [6.07, 6.45) is 5.59. The van der Waals surface area contributed by atoms with Crippen LogP contribution in [0.1, 0.15) is 30.9 Å². The van der Waals surface area contributed by atoms with Gasteiger partial charge in [-0.25, -0.2) is 0 Å². The number of fused-ring (bicyclic) bond motifs is 2. The number of aromatic nitrogens is 2. The molecule has 2 N–H and O–H groups in total.